The highest BCUT2D eigenvalue weighted by Crippen LogP contribution is 2.44. The second-order valence-corrected chi connectivity index (χ2v) is 13.1. The van der Waals surface area contributed by atoms with Gasteiger partial charge >= 0.3 is 6.18 Å². The summed E-state index contributed by atoms with van der Waals surface area (Å²) in [7, 11) is 0. The average Bonchev–Trinajstić information content (AvgIpc) is 3.57. The van der Waals surface area contributed by atoms with E-state index < -0.39 is 11.7 Å². The highest BCUT2D eigenvalue weighted by molar-refractivity contribution is 6.12. The largest absolute Gasteiger partial charge is 0.415 e. The quantitative estimate of drug-likeness (QED) is 0.174. The fourth-order valence-electron chi connectivity index (χ4n) is 7.34. The van der Waals surface area contributed by atoms with E-state index in [2.05, 4.69) is 51.9 Å². The van der Waals surface area contributed by atoms with Crippen LogP contribution in [0.25, 0.3) is 71.0 Å². The fraction of sp³-hybridized carbons (Fsp3) is 0.116. The molecule has 0 atom stereocenters. The topological polar surface area (TPSA) is 38.0 Å². The maximum Gasteiger partial charge on any atom is 0.415 e. The first kappa shape index (κ1) is 31.0. The summed E-state index contributed by atoms with van der Waals surface area (Å²) in [5, 5.41) is 15.2. The Balaban J connectivity index is 1.58. The van der Waals surface area contributed by atoms with Gasteiger partial charge in [-0.1, -0.05) is 52.6 Å². The van der Waals surface area contributed by atoms with E-state index in [1.165, 1.54) is 6.07 Å². The lowest BCUT2D eigenvalue weighted by molar-refractivity contribution is -0.137. The molecular formula is C43H29F3N4. The molecule has 0 aliphatic carbocycles. The number of nitriles is 1. The van der Waals surface area contributed by atoms with Crippen molar-refractivity contribution in [1.29, 1.82) is 5.26 Å². The van der Waals surface area contributed by atoms with Gasteiger partial charge in [-0.2, -0.15) is 18.4 Å². The van der Waals surface area contributed by atoms with Crippen LogP contribution in [-0.2, 0) is 6.18 Å². The zero-order chi connectivity index (χ0) is 35.1. The Labute approximate surface area is 286 Å². The van der Waals surface area contributed by atoms with Crippen molar-refractivity contribution in [3.63, 3.8) is 0 Å². The Kier molecular flexibility index (Phi) is 6.89. The van der Waals surface area contributed by atoms with Crippen LogP contribution in [0.5, 0.6) is 0 Å². The first-order chi connectivity index (χ1) is 24.0. The third kappa shape index (κ3) is 4.74. The van der Waals surface area contributed by atoms with Crippen LogP contribution in [-0.4, -0.2) is 9.13 Å². The molecule has 6 aromatic carbocycles. The molecule has 2 aromatic heterocycles. The predicted octanol–water partition coefficient (Wildman–Crippen LogP) is 12.2. The molecule has 0 amide bonds. The molecule has 4 nitrogen and oxygen atoms in total. The zero-order valence-corrected chi connectivity index (χ0v) is 27.7. The van der Waals surface area contributed by atoms with Gasteiger partial charge in [0.1, 0.15) is 11.6 Å². The van der Waals surface area contributed by atoms with E-state index in [1.807, 2.05) is 74.7 Å². The van der Waals surface area contributed by atoms with Crippen LogP contribution in [0.3, 0.4) is 0 Å². The third-order valence-corrected chi connectivity index (χ3v) is 9.57. The molecule has 0 spiro atoms. The van der Waals surface area contributed by atoms with Crippen LogP contribution in [0.15, 0.2) is 103 Å². The normalized spacial score (nSPS) is 11.9. The third-order valence-electron chi connectivity index (χ3n) is 9.57. The molecule has 0 saturated carbocycles. The van der Waals surface area contributed by atoms with Crippen molar-refractivity contribution >= 4 is 49.3 Å². The van der Waals surface area contributed by atoms with Crippen LogP contribution in [0, 0.1) is 45.6 Å². The van der Waals surface area contributed by atoms with Crippen molar-refractivity contribution in [1.82, 2.24) is 9.13 Å². The molecule has 0 fully saturated rings. The summed E-state index contributed by atoms with van der Waals surface area (Å²) in [5.41, 5.74) is 8.68. The molecule has 50 heavy (non-hydrogen) atoms. The number of aromatic nitrogens is 2. The van der Waals surface area contributed by atoms with E-state index in [4.69, 9.17) is 6.57 Å². The number of hydrogen-bond donors (Lipinski definition) is 0. The van der Waals surface area contributed by atoms with Crippen LogP contribution in [0.1, 0.15) is 33.4 Å². The van der Waals surface area contributed by atoms with Crippen molar-refractivity contribution in [2.24, 2.45) is 0 Å². The van der Waals surface area contributed by atoms with Crippen molar-refractivity contribution < 1.29 is 13.2 Å². The lowest BCUT2D eigenvalue weighted by Crippen LogP contribution is -2.08. The molecule has 0 aliphatic heterocycles. The Hall–Kier alpha value is -6.31. The SMILES string of the molecule is [C-]#[N+]c1cc(-c2ccc(-n3c4ccc(C)cc4c4cc(C)ccc43)c(C#N)c2-n2c3ccc(C)cc3c3cc(C)ccc32)cc(C(F)(F)F)c1. The van der Waals surface area contributed by atoms with Crippen LogP contribution < -0.4 is 0 Å². The highest BCUT2D eigenvalue weighted by Gasteiger charge is 2.32. The summed E-state index contributed by atoms with van der Waals surface area (Å²) in [5.74, 6) is 0. The summed E-state index contributed by atoms with van der Waals surface area (Å²) in [6, 6.07) is 34.2. The molecule has 0 saturated heterocycles. The zero-order valence-electron chi connectivity index (χ0n) is 27.7. The molecule has 0 N–H and O–H groups in total. The minimum Gasteiger partial charge on any atom is -0.308 e. The Morgan fingerprint density at radius 1 is 0.600 bits per heavy atom. The van der Waals surface area contributed by atoms with E-state index in [9.17, 15) is 18.4 Å². The second-order valence-electron chi connectivity index (χ2n) is 13.1. The van der Waals surface area contributed by atoms with E-state index in [1.54, 1.807) is 6.07 Å². The van der Waals surface area contributed by atoms with E-state index in [-0.39, 0.29) is 11.3 Å². The van der Waals surface area contributed by atoms with Crippen LogP contribution in [0.4, 0.5) is 18.9 Å². The number of halogens is 3. The standard InChI is InChI=1S/C43H29F3N4/c1-24-6-11-37-32(16-24)33-17-25(2)7-12-38(33)49(37)41-15-10-31(28-20-29(43(44,45)46)22-30(21-28)48-5)42(36(41)23-47)50-39-13-8-26(3)18-34(39)35-19-27(4)9-14-40(35)50/h6-22H,1-4H3. The summed E-state index contributed by atoms with van der Waals surface area (Å²) in [4.78, 5) is 3.40. The van der Waals surface area contributed by atoms with Gasteiger partial charge in [0.05, 0.1) is 40.0 Å². The molecule has 0 radical (unpaired) electrons. The number of benzene rings is 6. The lowest BCUT2D eigenvalue weighted by atomic mass is 9.96. The van der Waals surface area contributed by atoms with Gasteiger partial charge in [-0.05, 0) is 106 Å². The maximum absolute atomic E-state index is 14.3. The van der Waals surface area contributed by atoms with Gasteiger partial charge in [-0.15, -0.1) is 0 Å². The lowest BCUT2D eigenvalue weighted by Gasteiger charge is -2.21. The summed E-state index contributed by atoms with van der Waals surface area (Å²) < 4.78 is 46.8. The molecule has 2 heterocycles. The van der Waals surface area contributed by atoms with Gasteiger partial charge in [-0.3, -0.25) is 0 Å². The van der Waals surface area contributed by atoms with Crippen molar-refractivity contribution in [2.75, 3.05) is 0 Å². The average molecular weight is 659 g/mol. The Morgan fingerprint density at radius 3 is 1.48 bits per heavy atom. The molecular weight excluding hydrogens is 629 g/mol. The van der Waals surface area contributed by atoms with Gasteiger partial charge in [0.25, 0.3) is 0 Å². The minimum absolute atomic E-state index is 0.134. The summed E-state index contributed by atoms with van der Waals surface area (Å²) in [6.07, 6.45) is -4.67. The number of nitrogens with zero attached hydrogens (tertiary/aromatic N) is 4. The van der Waals surface area contributed by atoms with Crippen molar-refractivity contribution in [3.8, 4) is 28.6 Å². The highest BCUT2D eigenvalue weighted by atomic mass is 19.4. The summed E-state index contributed by atoms with van der Waals surface area (Å²) in [6.45, 7) is 15.8. The number of aryl methyl sites for hydroxylation is 4. The summed E-state index contributed by atoms with van der Waals surface area (Å²) >= 11 is 0. The number of hydrogen-bond acceptors (Lipinski definition) is 1. The molecule has 0 aliphatic rings. The predicted molar refractivity (Wildman–Crippen MR) is 195 cm³/mol. The van der Waals surface area contributed by atoms with Crippen LogP contribution >= 0.6 is 0 Å². The van der Waals surface area contributed by atoms with E-state index in [0.29, 0.717) is 22.5 Å². The van der Waals surface area contributed by atoms with Gasteiger partial charge in [0.15, 0.2) is 5.69 Å². The minimum atomic E-state index is -4.67. The number of alkyl halides is 3. The number of rotatable bonds is 3. The van der Waals surface area contributed by atoms with E-state index in [0.717, 1.165) is 78.0 Å². The maximum atomic E-state index is 14.3. The first-order valence-corrected chi connectivity index (χ1v) is 16.2. The first-order valence-electron chi connectivity index (χ1n) is 16.2. The molecule has 8 aromatic rings. The van der Waals surface area contributed by atoms with Gasteiger partial charge in [0, 0.05) is 32.7 Å². The molecule has 0 bridgehead atoms. The molecule has 7 heteroatoms. The van der Waals surface area contributed by atoms with Crippen molar-refractivity contribution in [3.05, 3.63) is 148 Å². The second kappa shape index (κ2) is 11.1. The van der Waals surface area contributed by atoms with Gasteiger partial charge in [0.2, 0.25) is 0 Å². The van der Waals surface area contributed by atoms with Crippen LogP contribution in [0.2, 0.25) is 0 Å². The van der Waals surface area contributed by atoms with Crippen molar-refractivity contribution in [2.45, 2.75) is 33.9 Å². The molecule has 242 valence electrons. The van der Waals surface area contributed by atoms with E-state index >= 15 is 0 Å². The Bertz CT molecular complexity index is 2700. The van der Waals surface area contributed by atoms with Gasteiger partial charge in [-0.25, -0.2) is 4.85 Å². The fourth-order valence-corrected chi connectivity index (χ4v) is 7.34. The number of fused-ring (bicyclic) bond motifs is 6. The Morgan fingerprint density at radius 2 is 1.06 bits per heavy atom. The molecule has 8 rings (SSSR count). The van der Waals surface area contributed by atoms with Gasteiger partial charge < -0.3 is 9.13 Å². The smallest absolute Gasteiger partial charge is 0.308 e. The monoisotopic (exact) mass is 658 g/mol. The molecule has 0 unspecified atom stereocenters.